The van der Waals surface area contributed by atoms with Gasteiger partial charge in [-0.3, -0.25) is 15.1 Å². The molecule has 6 nitrogen and oxygen atoms in total. The first-order chi connectivity index (χ1) is 17.7. The number of pyridine rings is 1. The number of amides is 1. The first kappa shape index (κ1) is 25.6. The molecule has 0 atom stereocenters. The zero-order valence-corrected chi connectivity index (χ0v) is 21.0. The second-order valence-corrected chi connectivity index (χ2v) is 10.1. The molecule has 0 unspecified atom stereocenters. The summed E-state index contributed by atoms with van der Waals surface area (Å²) in [5.41, 5.74) is 3.86. The number of hydroxylamine groups is 1. The highest BCUT2D eigenvalue weighted by Crippen LogP contribution is 2.36. The van der Waals surface area contributed by atoms with Gasteiger partial charge < -0.3 is 9.80 Å². The van der Waals surface area contributed by atoms with E-state index in [1.165, 1.54) is 12.1 Å². The van der Waals surface area contributed by atoms with Gasteiger partial charge in [-0.2, -0.15) is 13.2 Å². The number of anilines is 1. The molecular formula is C27H28ClF3N4O2. The predicted molar refractivity (Wildman–Crippen MR) is 137 cm³/mol. The fourth-order valence-electron chi connectivity index (χ4n) is 5.00. The Morgan fingerprint density at radius 2 is 1.84 bits per heavy atom. The van der Waals surface area contributed by atoms with Crippen molar-refractivity contribution in [3.05, 3.63) is 70.4 Å². The Hall–Kier alpha value is -3.04. The lowest BCUT2D eigenvalue weighted by Crippen LogP contribution is -2.46. The van der Waals surface area contributed by atoms with Crippen molar-refractivity contribution in [2.24, 2.45) is 0 Å². The van der Waals surface area contributed by atoms with E-state index in [0.717, 1.165) is 36.6 Å². The molecule has 0 aliphatic carbocycles. The monoisotopic (exact) mass is 532 g/mol. The lowest BCUT2D eigenvalue weighted by Gasteiger charge is -2.36. The Bertz CT molecular complexity index is 1220. The number of hydrogen-bond donors (Lipinski definition) is 1. The Morgan fingerprint density at radius 3 is 2.54 bits per heavy atom. The summed E-state index contributed by atoms with van der Waals surface area (Å²) in [6.07, 6.45) is 4.62. The number of alkyl halides is 3. The van der Waals surface area contributed by atoms with E-state index in [2.05, 4.69) is 16.5 Å². The van der Waals surface area contributed by atoms with Crippen LogP contribution in [0.15, 0.2) is 48.6 Å². The van der Waals surface area contributed by atoms with E-state index in [4.69, 9.17) is 16.4 Å². The Balaban J connectivity index is 1.26. The SMILES string of the molecule is O=C(C=Cc1ccc(C(F)(F)F)nc1N1CCCCC1)N1CCC2(C=C(c3cccc(Cl)c3)NO2)CC1. The molecule has 1 N–H and O–H groups in total. The third-order valence-electron chi connectivity index (χ3n) is 7.09. The lowest BCUT2D eigenvalue weighted by atomic mass is 9.90. The molecule has 0 saturated carbocycles. The molecule has 4 heterocycles. The predicted octanol–water partition coefficient (Wildman–Crippen LogP) is 5.69. The largest absolute Gasteiger partial charge is 0.433 e. The van der Waals surface area contributed by atoms with Crippen molar-refractivity contribution in [2.75, 3.05) is 31.1 Å². The summed E-state index contributed by atoms with van der Waals surface area (Å²) in [5.74, 6) is 0.0876. The molecule has 0 radical (unpaired) electrons. The van der Waals surface area contributed by atoms with Crippen LogP contribution in [0, 0.1) is 0 Å². The second-order valence-electron chi connectivity index (χ2n) is 9.65. The van der Waals surface area contributed by atoms with Crippen molar-refractivity contribution in [3.8, 4) is 0 Å². The number of aromatic nitrogens is 1. The van der Waals surface area contributed by atoms with Gasteiger partial charge in [0.1, 0.15) is 17.1 Å². The lowest BCUT2D eigenvalue weighted by molar-refractivity contribution is -0.141. The van der Waals surface area contributed by atoms with Gasteiger partial charge in [0.15, 0.2) is 0 Å². The number of hydrogen-bond acceptors (Lipinski definition) is 5. The topological polar surface area (TPSA) is 57.7 Å². The summed E-state index contributed by atoms with van der Waals surface area (Å²) in [4.78, 5) is 26.4. The number of nitrogens with zero attached hydrogens (tertiary/aromatic N) is 3. The van der Waals surface area contributed by atoms with Crippen LogP contribution in [0.4, 0.5) is 19.0 Å². The molecule has 1 spiro atoms. The van der Waals surface area contributed by atoms with Gasteiger partial charge in [-0.25, -0.2) is 4.98 Å². The van der Waals surface area contributed by atoms with Crippen LogP contribution in [0.5, 0.6) is 0 Å². The fourth-order valence-corrected chi connectivity index (χ4v) is 5.19. The molecular weight excluding hydrogens is 505 g/mol. The van der Waals surface area contributed by atoms with Crippen molar-refractivity contribution < 1.29 is 22.8 Å². The molecule has 0 bridgehead atoms. The van der Waals surface area contributed by atoms with Crippen molar-refractivity contribution in [3.63, 3.8) is 0 Å². The van der Waals surface area contributed by atoms with Crippen LogP contribution >= 0.6 is 11.6 Å². The number of piperidine rings is 2. The molecule has 37 heavy (non-hydrogen) atoms. The quantitative estimate of drug-likeness (QED) is 0.512. The zero-order valence-electron chi connectivity index (χ0n) is 20.2. The minimum absolute atomic E-state index is 0.190. The highest BCUT2D eigenvalue weighted by Gasteiger charge is 2.39. The number of likely N-dealkylation sites (tertiary alicyclic amines) is 1. The number of rotatable bonds is 4. The third-order valence-corrected chi connectivity index (χ3v) is 7.32. The normalized spacial score (nSPS) is 19.8. The highest BCUT2D eigenvalue weighted by atomic mass is 35.5. The van der Waals surface area contributed by atoms with E-state index >= 15 is 0 Å². The van der Waals surface area contributed by atoms with E-state index in [0.29, 0.717) is 49.6 Å². The first-order valence-corrected chi connectivity index (χ1v) is 12.8. The number of carbonyl (C=O) groups excluding carboxylic acids is 1. The standard InChI is InChI=1S/C27H28ClF3N4O2/c28-21-6-4-5-20(17-21)22-18-26(37-33-22)11-15-34(16-12-26)24(36)10-8-19-7-9-23(27(29,30)31)32-25(19)35-13-2-1-3-14-35/h4-10,17-18,33H,1-3,11-16H2. The summed E-state index contributed by atoms with van der Waals surface area (Å²) >= 11 is 6.11. The molecule has 1 aromatic heterocycles. The van der Waals surface area contributed by atoms with Crippen LogP contribution in [0.3, 0.4) is 0 Å². The molecule has 2 fully saturated rings. The molecule has 1 amide bonds. The summed E-state index contributed by atoms with van der Waals surface area (Å²) in [6, 6.07) is 9.86. The average Bonchev–Trinajstić information content (AvgIpc) is 3.31. The van der Waals surface area contributed by atoms with Gasteiger partial charge in [-0.1, -0.05) is 23.7 Å². The van der Waals surface area contributed by atoms with E-state index < -0.39 is 17.5 Å². The molecule has 2 aromatic rings. The fraction of sp³-hybridized carbons (Fsp3) is 0.407. The minimum atomic E-state index is -4.52. The van der Waals surface area contributed by atoms with E-state index in [1.807, 2.05) is 29.2 Å². The second kappa shape index (κ2) is 10.4. The maximum absolute atomic E-state index is 13.3. The average molecular weight is 533 g/mol. The van der Waals surface area contributed by atoms with Gasteiger partial charge in [0, 0.05) is 61.2 Å². The molecule has 1 aromatic carbocycles. The van der Waals surface area contributed by atoms with Crippen molar-refractivity contribution in [1.82, 2.24) is 15.4 Å². The van der Waals surface area contributed by atoms with Crippen LogP contribution in [-0.2, 0) is 15.8 Å². The number of halogens is 4. The summed E-state index contributed by atoms with van der Waals surface area (Å²) in [6.45, 7) is 2.29. The third kappa shape index (κ3) is 5.78. The van der Waals surface area contributed by atoms with Crippen LogP contribution in [0.1, 0.15) is 48.9 Å². The van der Waals surface area contributed by atoms with Crippen LogP contribution in [0.2, 0.25) is 5.02 Å². The van der Waals surface area contributed by atoms with E-state index in [9.17, 15) is 18.0 Å². The molecule has 3 aliphatic heterocycles. The first-order valence-electron chi connectivity index (χ1n) is 12.5. The summed E-state index contributed by atoms with van der Waals surface area (Å²) in [7, 11) is 0. The van der Waals surface area contributed by atoms with Gasteiger partial charge in [0.2, 0.25) is 5.91 Å². The van der Waals surface area contributed by atoms with Gasteiger partial charge in [-0.05, 0) is 55.7 Å². The molecule has 10 heteroatoms. The van der Waals surface area contributed by atoms with Crippen LogP contribution < -0.4 is 10.4 Å². The van der Waals surface area contributed by atoms with Crippen LogP contribution in [0.25, 0.3) is 11.8 Å². The maximum Gasteiger partial charge on any atom is 0.433 e. The Labute approximate surface area is 218 Å². The molecule has 5 rings (SSSR count). The van der Waals surface area contributed by atoms with Gasteiger partial charge in [-0.15, -0.1) is 0 Å². The molecule has 196 valence electrons. The number of nitrogens with one attached hydrogen (secondary N) is 1. The maximum atomic E-state index is 13.3. The Kier molecular flexibility index (Phi) is 7.18. The summed E-state index contributed by atoms with van der Waals surface area (Å²) in [5, 5.41) is 0.639. The van der Waals surface area contributed by atoms with Gasteiger partial charge in [0.05, 0.1) is 5.70 Å². The van der Waals surface area contributed by atoms with Gasteiger partial charge >= 0.3 is 6.18 Å². The zero-order chi connectivity index (χ0) is 26.0. The van der Waals surface area contributed by atoms with Crippen molar-refractivity contribution in [2.45, 2.75) is 43.9 Å². The minimum Gasteiger partial charge on any atom is -0.356 e. The van der Waals surface area contributed by atoms with Crippen molar-refractivity contribution in [1.29, 1.82) is 0 Å². The molecule has 2 saturated heterocycles. The van der Waals surface area contributed by atoms with Gasteiger partial charge in [0.25, 0.3) is 0 Å². The molecule has 3 aliphatic rings. The van der Waals surface area contributed by atoms with E-state index in [-0.39, 0.29) is 11.7 Å². The smallest absolute Gasteiger partial charge is 0.356 e. The Morgan fingerprint density at radius 1 is 1.08 bits per heavy atom. The van der Waals surface area contributed by atoms with E-state index in [1.54, 1.807) is 11.0 Å². The van der Waals surface area contributed by atoms with Crippen molar-refractivity contribution >= 4 is 35.1 Å². The number of carbonyl (C=O) groups is 1. The number of benzene rings is 1. The summed E-state index contributed by atoms with van der Waals surface area (Å²) < 4.78 is 39.9. The highest BCUT2D eigenvalue weighted by molar-refractivity contribution is 6.30. The van der Waals surface area contributed by atoms with Crippen LogP contribution in [-0.4, -0.2) is 47.6 Å².